The van der Waals surface area contributed by atoms with E-state index in [1.54, 1.807) is 31.4 Å². The molecule has 160 valence electrons. The molecule has 0 atom stereocenters. The molecule has 0 saturated carbocycles. The lowest BCUT2D eigenvalue weighted by molar-refractivity contribution is -0.113. The molecular formula is C26H22N2O3S. The molecule has 0 radical (unpaired) electrons. The standard InChI is InChI=1S/C26H22N2O3S/c1-31-23-12-8-21(9-13-23)27-25(29)17-32-24-14-10-22(11-15-24)28-26(30)20-7-6-18-4-2-3-5-19(18)16-20/h2-16H,17H2,1H3,(H,27,29)(H,28,30). The van der Waals surface area contributed by atoms with Crippen molar-refractivity contribution in [2.75, 3.05) is 23.5 Å². The highest BCUT2D eigenvalue weighted by molar-refractivity contribution is 8.00. The third kappa shape index (κ3) is 5.47. The summed E-state index contributed by atoms with van der Waals surface area (Å²) in [6.07, 6.45) is 0. The largest absolute Gasteiger partial charge is 0.497 e. The molecule has 0 fully saturated rings. The van der Waals surface area contributed by atoms with Crippen LogP contribution in [0.4, 0.5) is 11.4 Å². The third-order valence-electron chi connectivity index (χ3n) is 4.87. The zero-order chi connectivity index (χ0) is 22.3. The number of thioether (sulfide) groups is 1. The molecule has 2 amide bonds. The van der Waals surface area contributed by atoms with Crippen LogP contribution in [0.3, 0.4) is 0 Å². The van der Waals surface area contributed by atoms with E-state index in [1.165, 1.54) is 11.8 Å². The van der Waals surface area contributed by atoms with Gasteiger partial charge in [0.25, 0.3) is 5.91 Å². The van der Waals surface area contributed by atoms with Crippen molar-refractivity contribution in [3.8, 4) is 5.75 Å². The summed E-state index contributed by atoms with van der Waals surface area (Å²) in [7, 11) is 1.60. The highest BCUT2D eigenvalue weighted by Crippen LogP contribution is 2.22. The van der Waals surface area contributed by atoms with Gasteiger partial charge >= 0.3 is 0 Å². The van der Waals surface area contributed by atoms with Crippen molar-refractivity contribution in [2.24, 2.45) is 0 Å². The van der Waals surface area contributed by atoms with Crippen molar-refractivity contribution >= 4 is 45.7 Å². The molecule has 0 aliphatic rings. The molecule has 4 aromatic rings. The molecule has 6 heteroatoms. The maximum Gasteiger partial charge on any atom is 0.255 e. The van der Waals surface area contributed by atoms with E-state index in [9.17, 15) is 9.59 Å². The Labute approximate surface area is 190 Å². The number of ether oxygens (including phenoxy) is 1. The SMILES string of the molecule is COc1ccc(NC(=O)CSc2ccc(NC(=O)c3ccc4ccccc4c3)cc2)cc1. The van der Waals surface area contributed by atoms with Gasteiger partial charge in [0, 0.05) is 21.8 Å². The van der Waals surface area contributed by atoms with Gasteiger partial charge in [-0.15, -0.1) is 11.8 Å². The lowest BCUT2D eigenvalue weighted by Crippen LogP contribution is -2.14. The van der Waals surface area contributed by atoms with E-state index in [0.29, 0.717) is 11.3 Å². The van der Waals surface area contributed by atoms with Crippen LogP contribution in [0, 0.1) is 0 Å². The molecular weight excluding hydrogens is 420 g/mol. The Morgan fingerprint density at radius 3 is 2.16 bits per heavy atom. The number of benzene rings is 4. The predicted molar refractivity (Wildman–Crippen MR) is 131 cm³/mol. The normalized spacial score (nSPS) is 10.5. The fourth-order valence-corrected chi connectivity index (χ4v) is 3.89. The minimum absolute atomic E-state index is 0.0890. The smallest absolute Gasteiger partial charge is 0.255 e. The van der Waals surface area contributed by atoms with Crippen LogP contribution in [0.25, 0.3) is 10.8 Å². The van der Waals surface area contributed by atoms with Crippen molar-refractivity contribution in [1.82, 2.24) is 0 Å². The molecule has 0 bridgehead atoms. The number of amides is 2. The number of nitrogens with one attached hydrogen (secondary N) is 2. The lowest BCUT2D eigenvalue weighted by Gasteiger charge is -2.08. The average molecular weight is 443 g/mol. The first-order chi connectivity index (χ1) is 15.6. The highest BCUT2D eigenvalue weighted by Gasteiger charge is 2.08. The van der Waals surface area contributed by atoms with E-state index in [2.05, 4.69) is 10.6 Å². The molecule has 32 heavy (non-hydrogen) atoms. The van der Waals surface area contributed by atoms with Gasteiger partial charge in [0.2, 0.25) is 5.91 Å². The van der Waals surface area contributed by atoms with E-state index in [1.807, 2.05) is 66.7 Å². The van der Waals surface area contributed by atoms with Gasteiger partial charge in [-0.25, -0.2) is 0 Å². The topological polar surface area (TPSA) is 67.4 Å². The Morgan fingerprint density at radius 1 is 0.781 bits per heavy atom. The fourth-order valence-electron chi connectivity index (χ4n) is 3.19. The van der Waals surface area contributed by atoms with E-state index in [0.717, 1.165) is 27.1 Å². The van der Waals surface area contributed by atoms with Crippen molar-refractivity contribution in [3.63, 3.8) is 0 Å². The van der Waals surface area contributed by atoms with Crippen LogP contribution in [0.15, 0.2) is 95.9 Å². The second-order valence-electron chi connectivity index (χ2n) is 7.11. The number of hydrogen-bond acceptors (Lipinski definition) is 4. The van der Waals surface area contributed by atoms with E-state index in [-0.39, 0.29) is 17.6 Å². The maximum absolute atomic E-state index is 12.6. The van der Waals surface area contributed by atoms with Gasteiger partial charge in [-0.3, -0.25) is 9.59 Å². The molecule has 4 rings (SSSR count). The van der Waals surface area contributed by atoms with E-state index >= 15 is 0 Å². The quantitative estimate of drug-likeness (QED) is 0.353. The summed E-state index contributed by atoms with van der Waals surface area (Å²) in [4.78, 5) is 25.7. The van der Waals surface area contributed by atoms with Gasteiger partial charge in [0.1, 0.15) is 5.75 Å². The highest BCUT2D eigenvalue weighted by atomic mass is 32.2. The van der Waals surface area contributed by atoms with Crippen molar-refractivity contribution in [2.45, 2.75) is 4.90 Å². The fraction of sp³-hybridized carbons (Fsp3) is 0.0769. The summed E-state index contributed by atoms with van der Waals surface area (Å²) in [5.74, 6) is 0.781. The van der Waals surface area contributed by atoms with Crippen molar-refractivity contribution in [1.29, 1.82) is 0 Å². The molecule has 0 saturated heterocycles. The van der Waals surface area contributed by atoms with Crippen LogP contribution >= 0.6 is 11.8 Å². The number of fused-ring (bicyclic) bond motifs is 1. The molecule has 0 aliphatic heterocycles. The summed E-state index contributed by atoms with van der Waals surface area (Å²) in [6.45, 7) is 0. The number of carbonyl (C=O) groups is 2. The molecule has 0 aliphatic carbocycles. The zero-order valence-electron chi connectivity index (χ0n) is 17.5. The molecule has 4 aromatic carbocycles. The van der Waals surface area contributed by atoms with Crippen molar-refractivity contribution < 1.29 is 14.3 Å². The first-order valence-electron chi connectivity index (χ1n) is 10.1. The number of carbonyl (C=O) groups excluding carboxylic acids is 2. The molecule has 2 N–H and O–H groups in total. The molecule has 0 heterocycles. The third-order valence-corrected chi connectivity index (χ3v) is 5.88. The van der Waals surface area contributed by atoms with Crippen LogP contribution in [0.5, 0.6) is 5.75 Å². The van der Waals surface area contributed by atoms with Crippen LogP contribution in [-0.4, -0.2) is 24.7 Å². The Bertz CT molecular complexity index is 1240. The summed E-state index contributed by atoms with van der Waals surface area (Å²) in [5.41, 5.74) is 2.04. The first-order valence-corrected chi connectivity index (χ1v) is 11.1. The average Bonchev–Trinajstić information content (AvgIpc) is 2.83. The van der Waals surface area contributed by atoms with Gasteiger partial charge in [-0.1, -0.05) is 30.3 Å². The predicted octanol–water partition coefficient (Wildman–Crippen LogP) is 5.83. The Morgan fingerprint density at radius 2 is 1.44 bits per heavy atom. The second-order valence-corrected chi connectivity index (χ2v) is 8.15. The number of hydrogen-bond donors (Lipinski definition) is 2. The van der Waals surface area contributed by atoms with Gasteiger partial charge in [-0.05, 0) is 71.4 Å². The van der Waals surface area contributed by atoms with Crippen LogP contribution in [-0.2, 0) is 4.79 Å². The van der Waals surface area contributed by atoms with E-state index in [4.69, 9.17) is 4.74 Å². The lowest BCUT2D eigenvalue weighted by atomic mass is 10.1. The van der Waals surface area contributed by atoms with Gasteiger partial charge < -0.3 is 15.4 Å². The monoisotopic (exact) mass is 442 g/mol. The van der Waals surface area contributed by atoms with Crippen LogP contribution < -0.4 is 15.4 Å². The molecule has 0 spiro atoms. The second kappa shape index (κ2) is 10.0. The Kier molecular flexibility index (Phi) is 6.72. The van der Waals surface area contributed by atoms with E-state index < -0.39 is 0 Å². The van der Waals surface area contributed by atoms with Gasteiger partial charge in [0.05, 0.1) is 12.9 Å². The van der Waals surface area contributed by atoms with Crippen molar-refractivity contribution in [3.05, 3.63) is 96.6 Å². The first kappa shape index (κ1) is 21.5. The minimum atomic E-state index is -0.157. The maximum atomic E-state index is 12.6. The van der Waals surface area contributed by atoms with Gasteiger partial charge in [0.15, 0.2) is 0 Å². The zero-order valence-corrected chi connectivity index (χ0v) is 18.3. The van der Waals surface area contributed by atoms with Gasteiger partial charge in [-0.2, -0.15) is 0 Å². The summed E-state index contributed by atoms with van der Waals surface area (Å²) < 4.78 is 5.11. The molecule has 0 aromatic heterocycles. The summed E-state index contributed by atoms with van der Waals surface area (Å²) >= 11 is 1.43. The summed E-state index contributed by atoms with van der Waals surface area (Å²) in [5, 5.41) is 7.90. The molecule has 0 unspecified atom stereocenters. The minimum Gasteiger partial charge on any atom is -0.497 e. The number of methoxy groups -OCH3 is 1. The number of rotatable bonds is 7. The number of anilines is 2. The van der Waals surface area contributed by atoms with Crippen LogP contribution in [0.1, 0.15) is 10.4 Å². The Balaban J connectivity index is 1.30. The summed E-state index contributed by atoms with van der Waals surface area (Å²) in [6, 6.07) is 28.2. The Hall–Kier alpha value is -3.77. The molecule has 5 nitrogen and oxygen atoms in total. The van der Waals surface area contributed by atoms with Crippen LogP contribution in [0.2, 0.25) is 0 Å².